The average molecular weight is 721 g/mol. The molecule has 0 unspecified atom stereocenters. The maximum absolute atomic E-state index is 14.6. The van der Waals surface area contributed by atoms with Gasteiger partial charge < -0.3 is 28.7 Å². The highest BCUT2D eigenvalue weighted by molar-refractivity contribution is 7.92. The molecule has 0 aromatic heterocycles. The lowest BCUT2D eigenvalue weighted by Gasteiger charge is -2.46. The molecule has 3 aliphatic heterocycles. The van der Waals surface area contributed by atoms with Gasteiger partial charge in [-0.1, -0.05) is 42.8 Å². The minimum absolute atomic E-state index is 0.0788. The molecule has 3 amide bonds. The number of nitrogens with one attached hydrogen (secondary N) is 1. The summed E-state index contributed by atoms with van der Waals surface area (Å²) in [5, 5.41) is 0. The Morgan fingerprint density at radius 1 is 1.02 bits per heavy atom. The van der Waals surface area contributed by atoms with E-state index in [1.54, 1.807) is 27.4 Å². The number of methoxy groups -OCH3 is 3. The fourth-order valence-electron chi connectivity index (χ4n) is 8.75. The fraction of sp³-hybridized carbons (Fsp3) is 0.590. The van der Waals surface area contributed by atoms with Crippen LogP contribution in [0.2, 0.25) is 0 Å². The summed E-state index contributed by atoms with van der Waals surface area (Å²) in [6.07, 6.45) is 8.66. The standard InChI is InChI=1S/C39H52N4O7S/c1-25-8-12-32-27(17-25)7-6-16-39(32)23-43-19-29-9-11-31(29)35(49-5)15-14-34(48-4)26(2)22-51(46,41-38(45)42-20-30(21-42)47-3)40-37(44)28-10-13-36(50-24-39)33(43)18-28/h8,10,12-15,17-18,26,29-31,34-35H,6-7,9,11,16,19-24H2,1-5H3,(H,40,41,44,45,46)/b15-14+/t26-,29+,31-,34+,35+,39+,51+/m1/s1. The number of hydrogen-bond donors (Lipinski definition) is 1. The minimum Gasteiger partial charge on any atom is -0.490 e. The molecule has 1 N–H and O–H groups in total. The Kier molecular flexibility index (Phi) is 10.2. The van der Waals surface area contributed by atoms with E-state index in [1.807, 2.05) is 25.1 Å². The van der Waals surface area contributed by atoms with Crippen molar-refractivity contribution in [3.63, 3.8) is 0 Å². The van der Waals surface area contributed by atoms with Crippen LogP contribution in [-0.2, 0) is 36.0 Å². The first-order valence-corrected chi connectivity index (χ1v) is 20.0. The van der Waals surface area contributed by atoms with Gasteiger partial charge in [-0.3, -0.25) is 9.52 Å². The fourth-order valence-corrected chi connectivity index (χ4v) is 10.6. The lowest BCUT2D eigenvalue weighted by Crippen LogP contribution is -2.58. The first kappa shape index (κ1) is 35.9. The highest BCUT2D eigenvalue weighted by Crippen LogP contribution is 2.47. The lowest BCUT2D eigenvalue weighted by atomic mass is 9.68. The largest absolute Gasteiger partial charge is 0.490 e. The van der Waals surface area contributed by atoms with Crippen LogP contribution < -0.4 is 14.4 Å². The second-order valence-corrected chi connectivity index (χ2v) is 17.3. The van der Waals surface area contributed by atoms with Crippen molar-refractivity contribution in [1.29, 1.82) is 0 Å². The van der Waals surface area contributed by atoms with Crippen LogP contribution in [0.3, 0.4) is 0 Å². The zero-order valence-corrected chi connectivity index (χ0v) is 31.3. The monoisotopic (exact) mass is 720 g/mol. The van der Waals surface area contributed by atoms with Crippen molar-refractivity contribution in [1.82, 2.24) is 9.62 Å². The number of aryl methyl sites for hydroxylation is 2. The molecule has 12 heteroatoms. The van der Waals surface area contributed by atoms with Gasteiger partial charge in [-0.05, 0) is 86.1 Å². The van der Waals surface area contributed by atoms with Crippen LogP contribution in [0.1, 0.15) is 59.7 Å². The van der Waals surface area contributed by atoms with Gasteiger partial charge in [0.15, 0.2) is 0 Å². The molecule has 1 saturated carbocycles. The predicted octanol–water partition coefficient (Wildman–Crippen LogP) is 5.29. The summed E-state index contributed by atoms with van der Waals surface area (Å²) in [5.41, 5.74) is 4.92. The third-order valence-electron chi connectivity index (χ3n) is 11.9. The number of hydrogen-bond acceptors (Lipinski definition) is 8. The third-order valence-corrected chi connectivity index (χ3v) is 13.8. The number of rotatable bonds is 4. The minimum atomic E-state index is -3.58. The van der Waals surface area contributed by atoms with Crippen LogP contribution in [0.4, 0.5) is 10.5 Å². The molecule has 2 aliphatic carbocycles. The Morgan fingerprint density at radius 2 is 1.80 bits per heavy atom. The number of benzene rings is 2. The summed E-state index contributed by atoms with van der Waals surface area (Å²) in [5.74, 6) is 0.304. The van der Waals surface area contributed by atoms with E-state index in [9.17, 15) is 13.8 Å². The Labute approximate surface area is 302 Å². The number of nitrogens with zero attached hydrogens (tertiary/aromatic N) is 3. The normalized spacial score (nSPS) is 33.0. The van der Waals surface area contributed by atoms with Gasteiger partial charge >= 0.3 is 6.03 Å². The predicted molar refractivity (Wildman–Crippen MR) is 197 cm³/mol. The van der Waals surface area contributed by atoms with E-state index in [4.69, 9.17) is 18.9 Å². The molecule has 7 atom stereocenters. The van der Waals surface area contributed by atoms with Crippen molar-refractivity contribution in [2.24, 2.45) is 22.1 Å². The molecule has 11 nitrogen and oxygen atoms in total. The maximum atomic E-state index is 14.6. The van der Waals surface area contributed by atoms with Crippen LogP contribution in [0.25, 0.3) is 0 Å². The van der Waals surface area contributed by atoms with Crippen molar-refractivity contribution in [3.05, 3.63) is 70.8 Å². The molecule has 51 heavy (non-hydrogen) atoms. The van der Waals surface area contributed by atoms with Crippen molar-refractivity contribution in [2.75, 3.05) is 64.8 Å². The number of ether oxygens (including phenoxy) is 4. The average Bonchev–Trinajstić information content (AvgIpc) is 3.21. The van der Waals surface area contributed by atoms with E-state index in [2.05, 4.69) is 45.2 Å². The molecule has 1 saturated heterocycles. The van der Waals surface area contributed by atoms with Crippen LogP contribution in [-0.4, -0.2) is 99.2 Å². The van der Waals surface area contributed by atoms with Gasteiger partial charge in [-0.2, -0.15) is 0 Å². The van der Waals surface area contributed by atoms with E-state index < -0.39 is 28.0 Å². The van der Waals surface area contributed by atoms with Gasteiger partial charge in [0, 0.05) is 45.4 Å². The van der Waals surface area contributed by atoms with Crippen molar-refractivity contribution >= 4 is 27.5 Å². The quantitative estimate of drug-likeness (QED) is 0.424. The highest BCUT2D eigenvalue weighted by Gasteiger charge is 2.44. The molecule has 0 radical (unpaired) electrons. The Morgan fingerprint density at radius 3 is 2.53 bits per heavy atom. The van der Waals surface area contributed by atoms with E-state index in [-0.39, 0.29) is 29.3 Å². The van der Waals surface area contributed by atoms with E-state index >= 15 is 0 Å². The van der Waals surface area contributed by atoms with E-state index in [0.717, 1.165) is 56.6 Å². The van der Waals surface area contributed by atoms with Crippen molar-refractivity contribution in [2.45, 2.75) is 69.7 Å². The second-order valence-electron chi connectivity index (χ2n) is 15.3. The smallest absolute Gasteiger partial charge is 0.330 e. The van der Waals surface area contributed by atoms with Gasteiger partial charge in [0.25, 0.3) is 5.91 Å². The summed E-state index contributed by atoms with van der Waals surface area (Å²) >= 11 is 0. The summed E-state index contributed by atoms with van der Waals surface area (Å²) in [7, 11) is 1.38. The van der Waals surface area contributed by atoms with Gasteiger partial charge in [0.1, 0.15) is 15.7 Å². The Bertz CT molecular complexity index is 1800. The Hall–Kier alpha value is -3.45. The van der Waals surface area contributed by atoms with Crippen LogP contribution in [0.5, 0.6) is 5.75 Å². The van der Waals surface area contributed by atoms with Crippen molar-refractivity contribution in [3.8, 4) is 5.75 Å². The van der Waals surface area contributed by atoms with Gasteiger partial charge in [0.05, 0.1) is 49.4 Å². The van der Waals surface area contributed by atoms with Crippen LogP contribution in [0, 0.1) is 24.7 Å². The first-order chi connectivity index (χ1) is 24.5. The Balaban J connectivity index is 1.30. The van der Waals surface area contributed by atoms with Gasteiger partial charge in [0.2, 0.25) is 0 Å². The second kappa shape index (κ2) is 14.5. The van der Waals surface area contributed by atoms with E-state index in [1.165, 1.54) is 21.6 Å². The zero-order chi connectivity index (χ0) is 35.9. The molecule has 1 spiro atoms. The lowest BCUT2D eigenvalue weighted by molar-refractivity contribution is -0.00646. The number of anilines is 1. The maximum Gasteiger partial charge on any atom is 0.330 e. The number of amides is 3. The summed E-state index contributed by atoms with van der Waals surface area (Å²) in [6, 6.07) is 11.7. The SMILES string of the molecule is COC1CN(C(=O)N[S@@]2(=O)=NC(=O)c3ccc4c(c3)N(C[C@@H]3CC[C@H]3[C@@H](OC)/C=C/[C@H](OC)[C@H](C)C2)C[C@@]2(CCCc3cc(C)ccc32)CO4)C1. The molecule has 2 fully saturated rings. The van der Waals surface area contributed by atoms with Gasteiger partial charge in [-0.25, -0.2) is 9.00 Å². The number of carbonyl (C=O) groups excluding carboxylic acids is 2. The molecule has 2 aromatic carbocycles. The van der Waals surface area contributed by atoms with Crippen LogP contribution >= 0.6 is 0 Å². The highest BCUT2D eigenvalue weighted by atomic mass is 32.2. The number of likely N-dealkylation sites (tertiary alicyclic amines) is 1. The van der Waals surface area contributed by atoms with Crippen LogP contribution in [0.15, 0.2) is 52.9 Å². The third kappa shape index (κ3) is 7.17. The first-order valence-electron chi connectivity index (χ1n) is 18.3. The molecule has 2 aromatic rings. The van der Waals surface area contributed by atoms with Crippen molar-refractivity contribution < 1.29 is 32.7 Å². The number of urea groups is 1. The summed E-state index contributed by atoms with van der Waals surface area (Å²) in [4.78, 5) is 31.2. The molecule has 5 aliphatic rings. The summed E-state index contributed by atoms with van der Waals surface area (Å²) < 4.78 is 45.5. The molecule has 276 valence electrons. The van der Waals surface area contributed by atoms with E-state index in [0.29, 0.717) is 37.1 Å². The zero-order valence-electron chi connectivity index (χ0n) is 30.5. The molecule has 3 heterocycles. The molecular weight excluding hydrogens is 669 g/mol. The molecule has 2 bridgehead atoms. The molecular formula is C39H52N4O7S. The number of fused-ring (bicyclic) bond motifs is 4. The topological polar surface area (TPSA) is 119 Å². The number of carbonyl (C=O) groups is 2. The van der Waals surface area contributed by atoms with Gasteiger partial charge in [-0.15, -0.1) is 4.36 Å². The summed E-state index contributed by atoms with van der Waals surface area (Å²) in [6.45, 7) is 6.85. The molecule has 7 rings (SSSR count).